The fourth-order valence-corrected chi connectivity index (χ4v) is 3.35. The lowest BCUT2D eigenvalue weighted by Gasteiger charge is -2.09. The number of carbonyl (C=O) groups is 2. The van der Waals surface area contributed by atoms with Gasteiger partial charge in [-0.25, -0.2) is 13.8 Å². The molecule has 0 spiro atoms. The van der Waals surface area contributed by atoms with Gasteiger partial charge in [-0.15, -0.1) is 0 Å². The number of aromatic nitrogens is 2. The second-order valence-electron chi connectivity index (χ2n) is 6.59. The summed E-state index contributed by atoms with van der Waals surface area (Å²) < 4.78 is 26.3. The zero-order valence-corrected chi connectivity index (χ0v) is 17.5. The number of carbonyl (C=O) groups excluding carboxylic acids is 2. The highest BCUT2D eigenvalue weighted by Gasteiger charge is 2.16. The fraction of sp³-hybridized carbons (Fsp3) is 0.143. The molecule has 3 aromatic rings. The van der Waals surface area contributed by atoms with Gasteiger partial charge in [0.25, 0.3) is 11.5 Å². The summed E-state index contributed by atoms with van der Waals surface area (Å²) in [6, 6.07) is 12.2. The maximum Gasteiger partial charge on any atom is 0.277 e. The third-order valence-electron chi connectivity index (χ3n) is 4.26. The van der Waals surface area contributed by atoms with E-state index in [9.17, 15) is 23.2 Å². The molecule has 0 fully saturated rings. The first kappa shape index (κ1) is 22.9. The summed E-state index contributed by atoms with van der Waals surface area (Å²) in [7, 11) is 0. The van der Waals surface area contributed by atoms with Crippen LogP contribution in [0.15, 0.2) is 58.5 Å². The number of anilines is 2. The van der Waals surface area contributed by atoms with Crippen LogP contribution in [0.5, 0.6) is 0 Å². The van der Waals surface area contributed by atoms with Crippen molar-refractivity contribution in [1.82, 2.24) is 15.3 Å². The molecule has 0 unspecified atom stereocenters. The third kappa shape index (κ3) is 6.14. The van der Waals surface area contributed by atoms with Crippen molar-refractivity contribution in [1.29, 1.82) is 0 Å². The van der Waals surface area contributed by atoms with E-state index in [1.54, 1.807) is 0 Å². The van der Waals surface area contributed by atoms with Crippen LogP contribution in [0, 0.1) is 11.6 Å². The van der Waals surface area contributed by atoms with E-state index in [1.807, 2.05) is 30.3 Å². The Kier molecular flexibility index (Phi) is 7.55. The molecule has 3 rings (SSSR count). The lowest BCUT2D eigenvalue weighted by Crippen LogP contribution is -2.27. The van der Waals surface area contributed by atoms with E-state index >= 15 is 0 Å². The van der Waals surface area contributed by atoms with Crippen molar-refractivity contribution in [2.24, 2.45) is 0 Å². The van der Waals surface area contributed by atoms with Crippen LogP contribution < -0.4 is 21.9 Å². The minimum atomic E-state index is -1.20. The Morgan fingerprint density at radius 1 is 1.09 bits per heavy atom. The molecule has 5 N–H and O–H groups in total. The molecule has 0 atom stereocenters. The van der Waals surface area contributed by atoms with Crippen LogP contribution in [0.1, 0.15) is 15.9 Å². The molecule has 8 nitrogen and oxygen atoms in total. The van der Waals surface area contributed by atoms with Gasteiger partial charge in [-0.05, 0) is 30.2 Å². The predicted octanol–water partition coefficient (Wildman–Crippen LogP) is 2.33. The van der Waals surface area contributed by atoms with Gasteiger partial charge in [-0.1, -0.05) is 42.1 Å². The van der Waals surface area contributed by atoms with E-state index in [-0.39, 0.29) is 33.9 Å². The summed E-state index contributed by atoms with van der Waals surface area (Å²) in [6.45, 7) is 0.463. The van der Waals surface area contributed by atoms with Crippen molar-refractivity contribution < 1.29 is 18.4 Å². The Bertz CT molecular complexity index is 1190. The van der Waals surface area contributed by atoms with Gasteiger partial charge in [0, 0.05) is 12.1 Å². The molecule has 0 bridgehead atoms. The fourth-order valence-electron chi connectivity index (χ4n) is 2.66. The Morgan fingerprint density at radius 2 is 1.84 bits per heavy atom. The number of benzene rings is 2. The number of hydrogen-bond acceptors (Lipinski definition) is 6. The summed E-state index contributed by atoms with van der Waals surface area (Å²) in [6.07, 6.45) is 0.686. The van der Waals surface area contributed by atoms with Crippen molar-refractivity contribution >= 4 is 35.1 Å². The van der Waals surface area contributed by atoms with Crippen molar-refractivity contribution in [3.8, 4) is 0 Å². The molecule has 0 radical (unpaired) electrons. The van der Waals surface area contributed by atoms with E-state index in [0.717, 1.165) is 29.5 Å². The van der Waals surface area contributed by atoms with Crippen molar-refractivity contribution in [2.75, 3.05) is 23.3 Å². The zero-order valence-electron chi connectivity index (χ0n) is 16.7. The van der Waals surface area contributed by atoms with Crippen molar-refractivity contribution in [3.05, 3.63) is 81.6 Å². The summed E-state index contributed by atoms with van der Waals surface area (Å²) in [5.74, 6) is -3.70. The normalized spacial score (nSPS) is 10.6. The van der Waals surface area contributed by atoms with E-state index in [1.165, 1.54) is 0 Å². The maximum atomic E-state index is 13.3. The molecule has 11 heteroatoms. The number of nitrogens with two attached hydrogens (primary N) is 1. The number of rotatable bonds is 8. The first-order valence-electron chi connectivity index (χ1n) is 9.43. The Labute approximate surface area is 185 Å². The number of nitrogens with zero attached hydrogens (tertiary/aromatic N) is 1. The van der Waals surface area contributed by atoms with E-state index in [0.29, 0.717) is 19.0 Å². The van der Waals surface area contributed by atoms with Crippen LogP contribution in [0.25, 0.3) is 0 Å². The molecule has 1 aromatic heterocycles. The molecule has 1 heterocycles. The molecule has 0 aliphatic rings. The minimum absolute atomic E-state index is 0.00225. The first-order valence-corrected chi connectivity index (χ1v) is 10.4. The lowest BCUT2D eigenvalue weighted by molar-refractivity contribution is -0.118. The second kappa shape index (κ2) is 10.5. The molecule has 0 aliphatic heterocycles. The summed E-state index contributed by atoms with van der Waals surface area (Å²) >= 11 is 0.968. The van der Waals surface area contributed by atoms with Crippen molar-refractivity contribution in [3.63, 3.8) is 0 Å². The van der Waals surface area contributed by atoms with Crippen LogP contribution in [0.2, 0.25) is 0 Å². The van der Waals surface area contributed by atoms with Crippen molar-refractivity contribution in [2.45, 2.75) is 11.6 Å². The predicted molar refractivity (Wildman–Crippen MR) is 117 cm³/mol. The number of H-pyrrole nitrogens is 1. The smallest absolute Gasteiger partial charge is 0.277 e. The molecule has 2 aromatic carbocycles. The number of nitrogens with one attached hydrogen (secondary N) is 3. The first-order chi connectivity index (χ1) is 15.3. The van der Waals surface area contributed by atoms with E-state index in [2.05, 4.69) is 20.6 Å². The molecule has 0 aliphatic carbocycles. The van der Waals surface area contributed by atoms with Crippen LogP contribution in [-0.2, 0) is 11.2 Å². The van der Waals surface area contributed by atoms with Gasteiger partial charge in [-0.3, -0.25) is 19.4 Å². The number of thioether (sulfide) groups is 1. The quantitative estimate of drug-likeness (QED) is 0.302. The number of hydrogen-bond donors (Lipinski definition) is 4. The van der Waals surface area contributed by atoms with Crippen LogP contribution in [0.4, 0.5) is 20.3 Å². The van der Waals surface area contributed by atoms with Gasteiger partial charge in [-0.2, -0.15) is 0 Å². The SMILES string of the molecule is Nc1nc(SCC(=O)NCCc2ccccc2)[nH]c(=O)c1NC(=O)c1ccc(F)c(F)c1. The molecule has 2 amide bonds. The lowest BCUT2D eigenvalue weighted by atomic mass is 10.1. The molecule has 32 heavy (non-hydrogen) atoms. The van der Waals surface area contributed by atoms with E-state index < -0.39 is 23.1 Å². The molecular weight excluding hydrogens is 440 g/mol. The van der Waals surface area contributed by atoms with Gasteiger partial charge in [0.15, 0.2) is 22.6 Å². The standard InChI is InChI=1S/C21H19F2N5O3S/c22-14-7-6-13(10-15(14)23)19(30)26-17-18(24)27-21(28-20(17)31)32-11-16(29)25-9-8-12-4-2-1-3-5-12/h1-7,10H,8-9,11H2,(H,25,29)(H,26,30)(H3,24,27,28,31). The number of nitrogen functional groups attached to an aromatic ring is 1. The summed E-state index contributed by atoms with van der Waals surface area (Å²) in [4.78, 5) is 42.9. The average molecular weight is 459 g/mol. The minimum Gasteiger partial charge on any atom is -0.382 e. The van der Waals surface area contributed by atoms with Gasteiger partial charge >= 0.3 is 0 Å². The zero-order chi connectivity index (χ0) is 23.1. The number of amides is 2. The van der Waals surface area contributed by atoms with Crippen LogP contribution in [0.3, 0.4) is 0 Å². The highest BCUT2D eigenvalue weighted by atomic mass is 32.2. The highest BCUT2D eigenvalue weighted by Crippen LogP contribution is 2.17. The molecule has 166 valence electrons. The Morgan fingerprint density at radius 3 is 2.53 bits per heavy atom. The molecule has 0 saturated heterocycles. The number of halogens is 2. The van der Waals surface area contributed by atoms with Gasteiger partial charge in [0.2, 0.25) is 5.91 Å². The summed E-state index contributed by atoms with van der Waals surface area (Å²) in [5.41, 5.74) is 5.57. The topological polar surface area (TPSA) is 130 Å². The number of aromatic amines is 1. The molecule has 0 saturated carbocycles. The monoisotopic (exact) mass is 459 g/mol. The van der Waals surface area contributed by atoms with Gasteiger partial charge < -0.3 is 16.4 Å². The Hall–Kier alpha value is -3.73. The molecular formula is C21H19F2N5O3S. The second-order valence-corrected chi connectivity index (χ2v) is 7.55. The Balaban J connectivity index is 1.55. The van der Waals surface area contributed by atoms with Crippen LogP contribution in [-0.4, -0.2) is 34.1 Å². The van der Waals surface area contributed by atoms with Gasteiger partial charge in [0.1, 0.15) is 5.69 Å². The highest BCUT2D eigenvalue weighted by molar-refractivity contribution is 7.99. The van der Waals surface area contributed by atoms with Gasteiger partial charge in [0.05, 0.1) is 5.75 Å². The van der Waals surface area contributed by atoms with E-state index in [4.69, 9.17) is 5.73 Å². The summed E-state index contributed by atoms with van der Waals surface area (Å²) in [5, 5.41) is 5.09. The largest absolute Gasteiger partial charge is 0.382 e. The third-order valence-corrected chi connectivity index (χ3v) is 5.14. The average Bonchev–Trinajstić information content (AvgIpc) is 2.77. The maximum absolute atomic E-state index is 13.3. The van der Waals surface area contributed by atoms with Crippen LogP contribution >= 0.6 is 11.8 Å².